The third kappa shape index (κ3) is 7.06. The number of hydrogen-bond donors (Lipinski definition) is 1. The molecule has 0 saturated carbocycles. The lowest BCUT2D eigenvalue weighted by atomic mass is 9.88. The highest BCUT2D eigenvalue weighted by atomic mass is 19.4. The maximum absolute atomic E-state index is 13.4. The number of benzene rings is 3. The van der Waals surface area contributed by atoms with E-state index in [0.29, 0.717) is 35.2 Å². The monoisotopic (exact) mass is 551 g/mol. The van der Waals surface area contributed by atoms with Gasteiger partial charge in [-0.2, -0.15) is 13.2 Å². The number of alkyl halides is 3. The van der Waals surface area contributed by atoms with Gasteiger partial charge in [0.1, 0.15) is 5.69 Å². The van der Waals surface area contributed by atoms with Crippen molar-refractivity contribution in [3.8, 4) is 11.1 Å². The summed E-state index contributed by atoms with van der Waals surface area (Å²) in [6.07, 6.45) is 0.923. The maximum Gasteiger partial charge on any atom is 0.433 e. The van der Waals surface area contributed by atoms with Crippen molar-refractivity contribution in [3.05, 3.63) is 155 Å². The molecule has 206 valence electrons. The molecular formula is C34H28F3N3O. The summed E-state index contributed by atoms with van der Waals surface area (Å²) >= 11 is 0. The number of nitrogens with one attached hydrogen (secondary N) is 1. The van der Waals surface area contributed by atoms with E-state index in [1.165, 1.54) is 23.5 Å². The van der Waals surface area contributed by atoms with Crippen molar-refractivity contribution < 1.29 is 18.0 Å². The zero-order valence-electron chi connectivity index (χ0n) is 22.2. The molecule has 0 aliphatic carbocycles. The van der Waals surface area contributed by atoms with Crippen LogP contribution in [0.1, 0.15) is 50.6 Å². The van der Waals surface area contributed by atoms with Gasteiger partial charge in [-0.1, -0.05) is 78.9 Å². The van der Waals surface area contributed by atoms with Crippen LogP contribution in [0.15, 0.2) is 122 Å². The van der Waals surface area contributed by atoms with Gasteiger partial charge in [-0.15, -0.1) is 0 Å². The van der Waals surface area contributed by atoms with Gasteiger partial charge in [-0.25, -0.2) is 0 Å². The van der Waals surface area contributed by atoms with Crippen molar-refractivity contribution in [2.45, 2.75) is 24.9 Å². The molecule has 2 aromatic heterocycles. The minimum Gasteiger partial charge on any atom is -0.352 e. The van der Waals surface area contributed by atoms with Crippen LogP contribution in [0.5, 0.6) is 0 Å². The van der Waals surface area contributed by atoms with E-state index >= 15 is 0 Å². The van der Waals surface area contributed by atoms with Crippen LogP contribution in [0, 0.1) is 0 Å². The Morgan fingerprint density at radius 1 is 0.805 bits per heavy atom. The van der Waals surface area contributed by atoms with E-state index in [1.807, 2.05) is 48.5 Å². The van der Waals surface area contributed by atoms with Crippen molar-refractivity contribution in [2.75, 3.05) is 6.54 Å². The first kappa shape index (κ1) is 27.8. The molecule has 0 unspecified atom stereocenters. The van der Waals surface area contributed by atoms with Crippen LogP contribution in [0.25, 0.3) is 11.1 Å². The summed E-state index contributed by atoms with van der Waals surface area (Å²) in [4.78, 5) is 20.6. The summed E-state index contributed by atoms with van der Waals surface area (Å²) < 4.78 is 40.1. The molecule has 2 heterocycles. The molecule has 5 aromatic rings. The van der Waals surface area contributed by atoms with Gasteiger partial charge in [0.15, 0.2) is 0 Å². The van der Waals surface area contributed by atoms with E-state index < -0.39 is 11.9 Å². The molecule has 7 heteroatoms. The Balaban J connectivity index is 1.26. The third-order valence-corrected chi connectivity index (χ3v) is 6.98. The highest BCUT2D eigenvalue weighted by molar-refractivity contribution is 5.94. The first-order valence-corrected chi connectivity index (χ1v) is 13.3. The predicted octanol–water partition coefficient (Wildman–Crippen LogP) is 7.71. The van der Waals surface area contributed by atoms with Crippen molar-refractivity contribution in [1.82, 2.24) is 15.3 Å². The lowest BCUT2D eigenvalue weighted by Crippen LogP contribution is -2.25. The number of pyridine rings is 2. The zero-order valence-corrected chi connectivity index (χ0v) is 22.2. The fourth-order valence-corrected chi connectivity index (χ4v) is 4.89. The molecule has 0 atom stereocenters. The second kappa shape index (κ2) is 12.6. The summed E-state index contributed by atoms with van der Waals surface area (Å²) in [5.74, 6) is -0.0184. The van der Waals surface area contributed by atoms with E-state index in [-0.39, 0.29) is 11.8 Å². The van der Waals surface area contributed by atoms with Crippen LogP contribution in [0.3, 0.4) is 0 Å². The smallest absolute Gasteiger partial charge is 0.352 e. The van der Waals surface area contributed by atoms with Gasteiger partial charge in [-0.3, -0.25) is 14.8 Å². The van der Waals surface area contributed by atoms with Crippen molar-refractivity contribution >= 4 is 5.91 Å². The van der Waals surface area contributed by atoms with Crippen LogP contribution in [-0.2, 0) is 12.6 Å². The molecule has 4 nitrogen and oxygen atoms in total. The zero-order chi connectivity index (χ0) is 28.7. The van der Waals surface area contributed by atoms with Crippen LogP contribution in [0.2, 0.25) is 0 Å². The standard InChI is InChI=1S/C34H28F3N3O/c35-34(36,37)32-21-31(28-12-7-18-38-22-28)29(23-40-32)20-24-13-15-27(16-14-24)33(41)39-19-17-30(25-8-3-1-4-9-25)26-10-5-2-6-11-26/h1-16,18,21-23,30H,17,19-20H2,(H,39,41). The lowest BCUT2D eigenvalue weighted by molar-refractivity contribution is -0.141. The van der Waals surface area contributed by atoms with Gasteiger partial charge in [0.25, 0.3) is 5.91 Å². The van der Waals surface area contributed by atoms with Crippen LogP contribution in [-0.4, -0.2) is 22.4 Å². The minimum atomic E-state index is -4.55. The SMILES string of the molecule is O=C(NCCC(c1ccccc1)c1ccccc1)c1ccc(Cc2cnc(C(F)(F)F)cc2-c2cccnc2)cc1. The molecule has 0 spiro atoms. The largest absolute Gasteiger partial charge is 0.433 e. The summed E-state index contributed by atoms with van der Waals surface area (Å²) in [5, 5.41) is 3.03. The first-order chi connectivity index (χ1) is 19.9. The number of amides is 1. The predicted molar refractivity (Wildman–Crippen MR) is 153 cm³/mol. The molecule has 1 amide bonds. The lowest BCUT2D eigenvalue weighted by Gasteiger charge is -2.18. The first-order valence-electron chi connectivity index (χ1n) is 13.3. The number of halogens is 3. The summed E-state index contributed by atoms with van der Waals surface area (Å²) in [6.45, 7) is 0.501. The van der Waals surface area contributed by atoms with Crippen molar-refractivity contribution in [3.63, 3.8) is 0 Å². The van der Waals surface area contributed by atoms with Crippen molar-refractivity contribution in [2.24, 2.45) is 0 Å². The molecular weight excluding hydrogens is 523 g/mol. The number of nitrogens with zero attached hydrogens (tertiary/aromatic N) is 2. The van der Waals surface area contributed by atoms with E-state index in [0.717, 1.165) is 18.1 Å². The molecule has 0 aliphatic rings. The molecule has 5 rings (SSSR count). The third-order valence-electron chi connectivity index (χ3n) is 6.98. The average molecular weight is 552 g/mol. The molecule has 0 radical (unpaired) electrons. The number of hydrogen-bond acceptors (Lipinski definition) is 3. The highest BCUT2D eigenvalue weighted by Crippen LogP contribution is 2.33. The molecule has 3 aromatic carbocycles. The Morgan fingerprint density at radius 3 is 2.05 bits per heavy atom. The Hall–Kier alpha value is -4.78. The van der Waals surface area contributed by atoms with E-state index in [9.17, 15) is 18.0 Å². The Bertz CT molecular complexity index is 1530. The van der Waals surface area contributed by atoms with Gasteiger partial charge in [-0.05, 0) is 64.9 Å². The van der Waals surface area contributed by atoms with Crippen LogP contribution < -0.4 is 5.32 Å². The van der Waals surface area contributed by atoms with Gasteiger partial charge in [0.2, 0.25) is 0 Å². The Morgan fingerprint density at radius 2 is 1.46 bits per heavy atom. The fourth-order valence-electron chi connectivity index (χ4n) is 4.89. The number of carbonyl (C=O) groups excluding carboxylic acids is 1. The van der Waals surface area contributed by atoms with Gasteiger partial charge in [0.05, 0.1) is 0 Å². The minimum absolute atomic E-state index is 0.159. The van der Waals surface area contributed by atoms with Crippen LogP contribution in [0.4, 0.5) is 13.2 Å². The second-order valence-corrected chi connectivity index (χ2v) is 9.76. The molecule has 0 fully saturated rings. The molecule has 0 bridgehead atoms. The molecule has 1 N–H and O–H groups in total. The van der Waals surface area contributed by atoms with Gasteiger partial charge >= 0.3 is 6.18 Å². The number of carbonyl (C=O) groups is 1. The molecule has 0 saturated heterocycles. The second-order valence-electron chi connectivity index (χ2n) is 9.76. The van der Waals surface area contributed by atoms with Gasteiger partial charge in [0, 0.05) is 42.2 Å². The summed E-state index contributed by atoms with van der Waals surface area (Å²) in [5.41, 5.74) is 4.44. The Labute approximate surface area is 236 Å². The topological polar surface area (TPSA) is 54.9 Å². The van der Waals surface area contributed by atoms with E-state index in [2.05, 4.69) is 39.6 Å². The average Bonchev–Trinajstić information content (AvgIpc) is 3.00. The fraction of sp³-hybridized carbons (Fsp3) is 0.147. The van der Waals surface area contributed by atoms with E-state index in [4.69, 9.17) is 0 Å². The summed E-state index contributed by atoms with van der Waals surface area (Å²) in [6, 6.07) is 32.0. The number of rotatable bonds is 9. The maximum atomic E-state index is 13.4. The Kier molecular flexibility index (Phi) is 8.53. The quantitative estimate of drug-likeness (QED) is 0.204. The van der Waals surface area contributed by atoms with Gasteiger partial charge < -0.3 is 5.32 Å². The highest BCUT2D eigenvalue weighted by Gasteiger charge is 2.33. The number of aromatic nitrogens is 2. The van der Waals surface area contributed by atoms with Crippen molar-refractivity contribution in [1.29, 1.82) is 0 Å². The molecule has 41 heavy (non-hydrogen) atoms. The summed E-state index contributed by atoms with van der Waals surface area (Å²) in [7, 11) is 0. The van der Waals surface area contributed by atoms with Crippen LogP contribution >= 0.6 is 0 Å². The van der Waals surface area contributed by atoms with E-state index in [1.54, 1.807) is 30.5 Å². The molecule has 0 aliphatic heterocycles. The normalized spacial score (nSPS) is 11.4.